The van der Waals surface area contributed by atoms with E-state index in [0.717, 1.165) is 29.7 Å². The van der Waals surface area contributed by atoms with Gasteiger partial charge in [0.15, 0.2) is 0 Å². The summed E-state index contributed by atoms with van der Waals surface area (Å²) in [6, 6.07) is 2.04. The maximum absolute atomic E-state index is 11.0. The molecule has 0 bridgehead atoms. The third-order valence-electron chi connectivity index (χ3n) is 3.13. The van der Waals surface area contributed by atoms with Crippen molar-refractivity contribution >= 4 is 17.2 Å². The highest BCUT2D eigenvalue weighted by Crippen LogP contribution is 2.36. The number of primary amides is 1. The number of carbonyl (C=O) groups excluding carboxylic acids is 1. The molecule has 0 aromatic carbocycles. The van der Waals surface area contributed by atoms with Crippen molar-refractivity contribution in [3.05, 3.63) is 21.4 Å². The average molecular weight is 239 g/mol. The van der Waals surface area contributed by atoms with Gasteiger partial charge in [0.2, 0.25) is 5.91 Å². The molecule has 0 fully saturated rings. The molecule has 0 spiro atoms. The first-order valence-electron chi connectivity index (χ1n) is 5.66. The summed E-state index contributed by atoms with van der Waals surface area (Å²) >= 11 is 1.72. The van der Waals surface area contributed by atoms with Gasteiger partial charge in [0, 0.05) is 15.7 Å². The highest BCUT2D eigenvalue weighted by atomic mass is 32.1. The first kappa shape index (κ1) is 11.6. The number of amides is 1. The van der Waals surface area contributed by atoms with Gasteiger partial charge in [-0.1, -0.05) is 6.92 Å². The van der Waals surface area contributed by atoms with Crippen molar-refractivity contribution in [3.63, 3.8) is 0 Å². The van der Waals surface area contributed by atoms with E-state index >= 15 is 0 Å². The molecule has 0 radical (unpaired) electrons. The van der Waals surface area contributed by atoms with Crippen molar-refractivity contribution in [1.82, 2.24) is 0 Å². The SMILES string of the molecule is CC(Cc1cc2c(s1)CCCC2O)C(N)=O. The summed E-state index contributed by atoms with van der Waals surface area (Å²) in [5.41, 5.74) is 6.32. The normalized spacial score (nSPS) is 21.5. The molecule has 1 aromatic heterocycles. The van der Waals surface area contributed by atoms with Crippen molar-refractivity contribution in [2.75, 3.05) is 0 Å². The van der Waals surface area contributed by atoms with Gasteiger partial charge in [-0.05, 0) is 37.3 Å². The molecular weight excluding hydrogens is 222 g/mol. The Bertz CT molecular complexity index is 400. The van der Waals surface area contributed by atoms with E-state index in [1.807, 2.05) is 13.0 Å². The Labute approximate surface area is 99.3 Å². The van der Waals surface area contributed by atoms with Gasteiger partial charge in [0.1, 0.15) is 0 Å². The Morgan fingerprint density at radius 2 is 2.50 bits per heavy atom. The molecule has 2 unspecified atom stereocenters. The zero-order chi connectivity index (χ0) is 11.7. The maximum atomic E-state index is 11.0. The molecule has 2 atom stereocenters. The number of thiophene rings is 1. The molecule has 4 heteroatoms. The molecule has 1 aromatic rings. The summed E-state index contributed by atoms with van der Waals surface area (Å²) in [6.07, 6.45) is 3.35. The smallest absolute Gasteiger partial charge is 0.220 e. The van der Waals surface area contributed by atoms with Crippen LogP contribution in [0.1, 0.15) is 41.2 Å². The standard InChI is InChI=1S/C12H17NO2S/c1-7(12(13)15)5-8-6-9-10(14)3-2-4-11(9)16-8/h6-7,10,14H,2-5H2,1H3,(H2,13,15). The number of nitrogens with two attached hydrogens (primary N) is 1. The molecule has 1 heterocycles. The van der Waals surface area contributed by atoms with Crippen LogP contribution in [0.2, 0.25) is 0 Å². The molecular formula is C12H17NO2S. The van der Waals surface area contributed by atoms with Gasteiger partial charge in [-0.25, -0.2) is 0 Å². The van der Waals surface area contributed by atoms with Crippen LogP contribution in [-0.2, 0) is 17.6 Å². The highest BCUT2D eigenvalue weighted by Gasteiger charge is 2.22. The monoisotopic (exact) mass is 239 g/mol. The van der Waals surface area contributed by atoms with Crippen molar-refractivity contribution in [1.29, 1.82) is 0 Å². The minimum absolute atomic E-state index is 0.128. The van der Waals surface area contributed by atoms with Crippen molar-refractivity contribution in [2.24, 2.45) is 11.7 Å². The summed E-state index contributed by atoms with van der Waals surface area (Å²) in [5.74, 6) is -0.385. The van der Waals surface area contributed by atoms with Crippen LogP contribution in [0, 0.1) is 5.92 Å². The van der Waals surface area contributed by atoms with Gasteiger partial charge in [0.05, 0.1) is 6.10 Å². The van der Waals surface area contributed by atoms with Crippen LogP contribution in [0.3, 0.4) is 0 Å². The lowest BCUT2D eigenvalue weighted by atomic mass is 9.95. The molecule has 1 amide bonds. The molecule has 0 saturated carbocycles. The summed E-state index contributed by atoms with van der Waals surface area (Å²) in [6.45, 7) is 1.84. The van der Waals surface area contributed by atoms with Gasteiger partial charge >= 0.3 is 0 Å². The van der Waals surface area contributed by atoms with Crippen molar-refractivity contribution < 1.29 is 9.90 Å². The van der Waals surface area contributed by atoms with Crippen molar-refractivity contribution in [2.45, 2.75) is 38.7 Å². The van der Waals surface area contributed by atoms with Crippen LogP contribution >= 0.6 is 11.3 Å². The minimum atomic E-state index is -0.308. The molecule has 1 aliphatic carbocycles. The Kier molecular flexibility index (Phi) is 3.30. The lowest BCUT2D eigenvalue weighted by Gasteiger charge is -2.16. The lowest BCUT2D eigenvalue weighted by Crippen LogP contribution is -2.21. The molecule has 1 aliphatic rings. The fourth-order valence-corrected chi connectivity index (χ4v) is 3.49. The molecule has 16 heavy (non-hydrogen) atoms. The van der Waals surface area contributed by atoms with E-state index in [-0.39, 0.29) is 17.9 Å². The third-order valence-corrected chi connectivity index (χ3v) is 4.36. The Morgan fingerprint density at radius 3 is 3.12 bits per heavy atom. The fraction of sp³-hybridized carbons (Fsp3) is 0.583. The second-order valence-electron chi connectivity index (χ2n) is 4.51. The van der Waals surface area contributed by atoms with E-state index in [4.69, 9.17) is 5.73 Å². The second-order valence-corrected chi connectivity index (χ2v) is 5.73. The topological polar surface area (TPSA) is 63.3 Å². The molecule has 0 aliphatic heterocycles. The van der Waals surface area contributed by atoms with E-state index in [1.165, 1.54) is 4.88 Å². The van der Waals surface area contributed by atoms with Gasteiger partial charge in [-0.3, -0.25) is 4.79 Å². The van der Waals surface area contributed by atoms with Gasteiger partial charge in [-0.2, -0.15) is 0 Å². The first-order chi connectivity index (χ1) is 7.58. The average Bonchev–Trinajstić information content (AvgIpc) is 2.61. The van der Waals surface area contributed by atoms with E-state index in [2.05, 4.69) is 0 Å². The number of aliphatic hydroxyl groups is 1. The zero-order valence-corrected chi connectivity index (χ0v) is 10.2. The number of rotatable bonds is 3. The summed E-state index contributed by atoms with van der Waals surface area (Å²) in [4.78, 5) is 13.4. The second kappa shape index (κ2) is 4.55. The summed E-state index contributed by atoms with van der Waals surface area (Å²) in [5, 5.41) is 9.83. The van der Waals surface area contributed by atoms with Crippen LogP contribution in [-0.4, -0.2) is 11.0 Å². The zero-order valence-electron chi connectivity index (χ0n) is 9.40. The largest absolute Gasteiger partial charge is 0.388 e. The molecule has 88 valence electrons. The minimum Gasteiger partial charge on any atom is -0.388 e. The first-order valence-corrected chi connectivity index (χ1v) is 6.48. The van der Waals surface area contributed by atoms with Crippen LogP contribution in [0.15, 0.2) is 6.07 Å². The van der Waals surface area contributed by atoms with Gasteiger partial charge in [-0.15, -0.1) is 11.3 Å². The Morgan fingerprint density at radius 1 is 1.75 bits per heavy atom. The van der Waals surface area contributed by atoms with Gasteiger partial charge in [0.25, 0.3) is 0 Å². The fourth-order valence-electron chi connectivity index (χ4n) is 2.09. The quantitative estimate of drug-likeness (QED) is 0.844. The van der Waals surface area contributed by atoms with E-state index in [1.54, 1.807) is 11.3 Å². The number of carbonyl (C=O) groups is 1. The molecule has 2 rings (SSSR count). The van der Waals surface area contributed by atoms with E-state index in [9.17, 15) is 9.90 Å². The molecule has 3 nitrogen and oxygen atoms in total. The van der Waals surface area contributed by atoms with Crippen LogP contribution in [0.4, 0.5) is 0 Å². The van der Waals surface area contributed by atoms with Crippen LogP contribution in [0.25, 0.3) is 0 Å². The summed E-state index contributed by atoms with van der Waals surface area (Å²) < 4.78 is 0. The highest BCUT2D eigenvalue weighted by molar-refractivity contribution is 7.12. The van der Waals surface area contributed by atoms with E-state index in [0.29, 0.717) is 6.42 Å². The Hall–Kier alpha value is -0.870. The maximum Gasteiger partial charge on any atom is 0.220 e. The predicted octanol–water partition coefficient (Wildman–Crippen LogP) is 1.78. The van der Waals surface area contributed by atoms with Crippen molar-refractivity contribution in [3.8, 4) is 0 Å². The van der Waals surface area contributed by atoms with Crippen LogP contribution in [0.5, 0.6) is 0 Å². The molecule has 0 saturated heterocycles. The predicted molar refractivity (Wildman–Crippen MR) is 64.3 cm³/mol. The Balaban J connectivity index is 2.15. The van der Waals surface area contributed by atoms with Crippen LogP contribution < -0.4 is 5.73 Å². The third kappa shape index (κ3) is 2.28. The van der Waals surface area contributed by atoms with Gasteiger partial charge < -0.3 is 10.8 Å². The number of aryl methyl sites for hydroxylation is 1. The number of hydrogen-bond acceptors (Lipinski definition) is 3. The number of hydrogen-bond donors (Lipinski definition) is 2. The number of fused-ring (bicyclic) bond motifs is 1. The summed E-state index contributed by atoms with van der Waals surface area (Å²) in [7, 11) is 0. The number of aliphatic hydroxyl groups excluding tert-OH is 1. The van der Waals surface area contributed by atoms with E-state index < -0.39 is 0 Å². The molecule has 3 N–H and O–H groups in total. The lowest BCUT2D eigenvalue weighted by molar-refractivity contribution is -0.121.